The van der Waals surface area contributed by atoms with Crippen molar-refractivity contribution in [2.45, 2.75) is 32.6 Å². The van der Waals surface area contributed by atoms with Gasteiger partial charge in [-0.3, -0.25) is 9.59 Å². The van der Waals surface area contributed by atoms with E-state index in [9.17, 15) is 9.59 Å². The van der Waals surface area contributed by atoms with Crippen LogP contribution < -0.4 is 5.32 Å². The molecule has 0 bridgehead atoms. The Morgan fingerprint density at radius 2 is 2.04 bits per heavy atom. The molecule has 2 aromatic rings. The average Bonchev–Trinajstić information content (AvgIpc) is 2.99. The van der Waals surface area contributed by atoms with Crippen LogP contribution in [0.3, 0.4) is 0 Å². The molecule has 0 saturated heterocycles. The molecular weight excluding hydrogens is 324 g/mol. The summed E-state index contributed by atoms with van der Waals surface area (Å²) in [7, 11) is 0. The van der Waals surface area contributed by atoms with E-state index in [1.54, 1.807) is 0 Å². The molecule has 0 fully saturated rings. The molecule has 0 aliphatic carbocycles. The number of thiazole rings is 1. The van der Waals surface area contributed by atoms with E-state index < -0.39 is 11.9 Å². The zero-order valence-corrected chi connectivity index (χ0v) is 14.5. The summed E-state index contributed by atoms with van der Waals surface area (Å²) in [5.41, 5.74) is 1.91. The van der Waals surface area contributed by atoms with E-state index >= 15 is 0 Å². The summed E-state index contributed by atoms with van der Waals surface area (Å²) in [6.45, 7) is 2.10. The lowest BCUT2D eigenvalue weighted by atomic mass is 10.0. The number of aromatic nitrogens is 1. The molecule has 0 saturated carbocycles. The molecular formula is C18H22N2O3S. The first-order chi connectivity index (χ1) is 11.6. The molecule has 1 aromatic carbocycles. The van der Waals surface area contributed by atoms with Gasteiger partial charge in [0.15, 0.2) is 0 Å². The van der Waals surface area contributed by atoms with Crippen molar-refractivity contribution in [2.24, 2.45) is 5.92 Å². The maximum absolute atomic E-state index is 12.0. The lowest BCUT2D eigenvalue weighted by Gasteiger charge is -2.11. The topological polar surface area (TPSA) is 79.3 Å². The quantitative estimate of drug-likeness (QED) is 0.732. The fraction of sp³-hybridized carbons (Fsp3) is 0.389. The van der Waals surface area contributed by atoms with E-state index in [0.29, 0.717) is 6.42 Å². The van der Waals surface area contributed by atoms with Crippen molar-refractivity contribution in [1.29, 1.82) is 0 Å². The largest absolute Gasteiger partial charge is 0.481 e. The highest BCUT2D eigenvalue weighted by atomic mass is 32.1. The first-order valence-electron chi connectivity index (χ1n) is 8.05. The fourth-order valence-electron chi connectivity index (χ4n) is 2.41. The molecule has 6 heteroatoms. The standard InChI is InChI=1S/C18H22N2O3S/c1-2-6-14(18(22)23)11-19-16(21)10-15-12-24-17(20-15)9-13-7-4-3-5-8-13/h3-5,7-8,12,14H,2,6,9-11H2,1H3,(H,19,21)(H,22,23). The van der Waals surface area contributed by atoms with Crippen LogP contribution in [0, 0.1) is 5.92 Å². The molecule has 0 aliphatic rings. The van der Waals surface area contributed by atoms with Crippen molar-refractivity contribution >= 4 is 23.2 Å². The maximum Gasteiger partial charge on any atom is 0.308 e. The molecule has 1 amide bonds. The first-order valence-corrected chi connectivity index (χ1v) is 8.93. The second kappa shape index (κ2) is 9.17. The zero-order valence-electron chi connectivity index (χ0n) is 13.7. The van der Waals surface area contributed by atoms with Crippen LogP contribution in [0.2, 0.25) is 0 Å². The number of amides is 1. The molecule has 1 unspecified atom stereocenters. The minimum absolute atomic E-state index is 0.170. The van der Waals surface area contributed by atoms with Gasteiger partial charge >= 0.3 is 5.97 Å². The van der Waals surface area contributed by atoms with Gasteiger partial charge in [0.2, 0.25) is 5.91 Å². The van der Waals surface area contributed by atoms with Gasteiger partial charge in [-0.1, -0.05) is 43.7 Å². The number of carbonyl (C=O) groups is 2. The van der Waals surface area contributed by atoms with Crippen molar-refractivity contribution < 1.29 is 14.7 Å². The van der Waals surface area contributed by atoms with Crippen molar-refractivity contribution in [3.63, 3.8) is 0 Å². The minimum atomic E-state index is -0.865. The number of benzene rings is 1. The predicted molar refractivity (Wildman–Crippen MR) is 94.1 cm³/mol. The number of nitrogens with zero attached hydrogens (tertiary/aromatic N) is 1. The van der Waals surface area contributed by atoms with Crippen LogP contribution in [0.15, 0.2) is 35.7 Å². The molecule has 2 rings (SSSR count). The van der Waals surface area contributed by atoms with Crippen molar-refractivity contribution in [2.75, 3.05) is 6.54 Å². The summed E-state index contributed by atoms with van der Waals surface area (Å²) in [6.07, 6.45) is 2.28. The highest BCUT2D eigenvalue weighted by molar-refractivity contribution is 7.09. The fourth-order valence-corrected chi connectivity index (χ4v) is 3.24. The number of carboxylic acids is 1. The lowest BCUT2D eigenvalue weighted by molar-refractivity contribution is -0.141. The van der Waals surface area contributed by atoms with Crippen LogP contribution in [0.1, 0.15) is 36.0 Å². The van der Waals surface area contributed by atoms with Crippen LogP contribution in [-0.2, 0) is 22.4 Å². The van der Waals surface area contributed by atoms with Crippen LogP contribution in [0.5, 0.6) is 0 Å². The zero-order chi connectivity index (χ0) is 17.4. The minimum Gasteiger partial charge on any atom is -0.481 e. The maximum atomic E-state index is 12.0. The van der Waals surface area contributed by atoms with Gasteiger partial charge in [0.25, 0.3) is 0 Å². The van der Waals surface area contributed by atoms with E-state index in [1.165, 1.54) is 16.9 Å². The molecule has 0 aliphatic heterocycles. The summed E-state index contributed by atoms with van der Waals surface area (Å²) in [5, 5.41) is 14.6. The Balaban J connectivity index is 1.83. The number of carbonyl (C=O) groups excluding carboxylic acids is 1. The van der Waals surface area contributed by atoms with Crippen LogP contribution in [0.4, 0.5) is 0 Å². The van der Waals surface area contributed by atoms with E-state index in [-0.39, 0.29) is 18.9 Å². The molecule has 128 valence electrons. The Hall–Kier alpha value is -2.21. The molecule has 1 heterocycles. The summed E-state index contributed by atoms with van der Waals surface area (Å²) in [5.74, 6) is -1.58. The lowest BCUT2D eigenvalue weighted by Crippen LogP contribution is -2.33. The Kier molecular flexibility index (Phi) is 6.93. The van der Waals surface area contributed by atoms with Gasteiger partial charge in [0.05, 0.1) is 23.0 Å². The SMILES string of the molecule is CCCC(CNC(=O)Cc1csc(Cc2ccccc2)n1)C(=O)O. The van der Waals surface area contributed by atoms with E-state index in [4.69, 9.17) is 5.11 Å². The van der Waals surface area contributed by atoms with Crippen LogP contribution in [-0.4, -0.2) is 28.5 Å². The normalized spacial score (nSPS) is 11.9. The first kappa shape index (κ1) is 18.1. The third-order valence-corrected chi connectivity index (χ3v) is 4.57. The van der Waals surface area contributed by atoms with Crippen molar-refractivity contribution in [3.8, 4) is 0 Å². The van der Waals surface area contributed by atoms with Gasteiger partial charge in [-0.25, -0.2) is 4.98 Å². The van der Waals surface area contributed by atoms with Gasteiger partial charge in [-0.05, 0) is 12.0 Å². The molecule has 2 N–H and O–H groups in total. The number of nitrogens with one attached hydrogen (secondary N) is 1. The molecule has 1 atom stereocenters. The number of aliphatic carboxylic acids is 1. The Morgan fingerprint density at radius 1 is 1.29 bits per heavy atom. The number of hydrogen-bond donors (Lipinski definition) is 2. The third kappa shape index (κ3) is 5.77. The number of rotatable bonds is 9. The van der Waals surface area contributed by atoms with Gasteiger partial charge in [0, 0.05) is 18.3 Å². The Labute approximate surface area is 145 Å². The number of carboxylic acid groups (broad SMARTS) is 1. The van der Waals surface area contributed by atoms with Gasteiger partial charge in [0.1, 0.15) is 0 Å². The Bertz CT molecular complexity index is 670. The summed E-state index contributed by atoms with van der Waals surface area (Å²) >= 11 is 1.54. The monoisotopic (exact) mass is 346 g/mol. The van der Waals surface area contributed by atoms with E-state index in [1.807, 2.05) is 42.6 Å². The average molecular weight is 346 g/mol. The Morgan fingerprint density at radius 3 is 2.71 bits per heavy atom. The molecule has 5 nitrogen and oxygen atoms in total. The molecule has 0 spiro atoms. The molecule has 1 aromatic heterocycles. The van der Waals surface area contributed by atoms with E-state index in [0.717, 1.165) is 23.5 Å². The van der Waals surface area contributed by atoms with Crippen molar-refractivity contribution in [1.82, 2.24) is 10.3 Å². The highest BCUT2D eigenvalue weighted by Crippen LogP contribution is 2.15. The van der Waals surface area contributed by atoms with Crippen molar-refractivity contribution in [3.05, 3.63) is 52.0 Å². The van der Waals surface area contributed by atoms with Crippen LogP contribution >= 0.6 is 11.3 Å². The van der Waals surface area contributed by atoms with Gasteiger partial charge < -0.3 is 10.4 Å². The van der Waals surface area contributed by atoms with Gasteiger partial charge in [-0.2, -0.15) is 0 Å². The molecule has 24 heavy (non-hydrogen) atoms. The predicted octanol–water partition coefficient (Wildman–Crippen LogP) is 2.89. The molecule has 0 radical (unpaired) electrons. The summed E-state index contributed by atoms with van der Waals surface area (Å²) in [6, 6.07) is 10.1. The second-order valence-electron chi connectivity index (χ2n) is 5.70. The summed E-state index contributed by atoms with van der Waals surface area (Å²) in [4.78, 5) is 27.5. The number of hydrogen-bond acceptors (Lipinski definition) is 4. The van der Waals surface area contributed by atoms with Crippen LogP contribution in [0.25, 0.3) is 0 Å². The van der Waals surface area contributed by atoms with Gasteiger partial charge in [-0.15, -0.1) is 11.3 Å². The summed E-state index contributed by atoms with van der Waals surface area (Å²) < 4.78 is 0. The second-order valence-corrected chi connectivity index (χ2v) is 6.64. The van der Waals surface area contributed by atoms with E-state index in [2.05, 4.69) is 10.3 Å². The highest BCUT2D eigenvalue weighted by Gasteiger charge is 2.17. The smallest absolute Gasteiger partial charge is 0.308 e. The third-order valence-electron chi connectivity index (χ3n) is 3.67.